The van der Waals surface area contributed by atoms with Gasteiger partial charge in [0.2, 0.25) is 5.91 Å². The first-order chi connectivity index (χ1) is 7.82. The zero-order chi connectivity index (χ0) is 13.2. The fourth-order valence-electron chi connectivity index (χ4n) is 1.37. The summed E-state index contributed by atoms with van der Waals surface area (Å²) in [6.07, 6.45) is 0. The molecule has 3 N–H and O–H groups in total. The Morgan fingerprint density at radius 3 is 2.41 bits per heavy atom. The van der Waals surface area contributed by atoms with E-state index in [2.05, 4.69) is 5.32 Å². The molecule has 0 heterocycles. The highest BCUT2D eigenvalue weighted by Crippen LogP contribution is 2.31. The van der Waals surface area contributed by atoms with Crippen LogP contribution in [0.2, 0.25) is 10.0 Å². The number of hydrogen-bond acceptors (Lipinski definition) is 3. The maximum absolute atomic E-state index is 11.7. The number of nitrogens with two attached hydrogens (primary N) is 1. The number of carbonyl (C=O) groups is 1. The molecule has 0 aromatic heterocycles. The van der Waals surface area contributed by atoms with E-state index in [0.29, 0.717) is 21.4 Å². The van der Waals surface area contributed by atoms with Crippen molar-refractivity contribution in [3.63, 3.8) is 0 Å². The number of anilines is 2. The zero-order valence-corrected chi connectivity index (χ0v) is 11.4. The third-order valence-electron chi connectivity index (χ3n) is 2.28. The summed E-state index contributed by atoms with van der Waals surface area (Å²) in [6, 6.07) is 2.78. The summed E-state index contributed by atoms with van der Waals surface area (Å²) in [4.78, 5) is 13.2. The molecule has 1 atom stereocenters. The highest BCUT2D eigenvalue weighted by atomic mass is 35.5. The largest absolute Gasteiger partial charge is 0.397 e. The van der Waals surface area contributed by atoms with Crippen molar-refractivity contribution in [1.29, 1.82) is 0 Å². The Bertz CT molecular complexity index is 435. The maximum Gasteiger partial charge on any atom is 0.244 e. The van der Waals surface area contributed by atoms with Crippen LogP contribution in [0, 0.1) is 0 Å². The summed E-state index contributed by atoms with van der Waals surface area (Å²) in [5.74, 6) is -0.0459. The predicted octanol–water partition coefficient (Wildman–Crippen LogP) is 2.46. The Morgan fingerprint density at radius 1 is 1.35 bits per heavy atom. The molecule has 0 saturated carbocycles. The molecule has 0 radical (unpaired) electrons. The van der Waals surface area contributed by atoms with Crippen LogP contribution >= 0.6 is 23.2 Å². The molecule has 0 fully saturated rings. The normalized spacial score (nSPS) is 12.1. The van der Waals surface area contributed by atoms with Crippen LogP contribution in [0.15, 0.2) is 12.1 Å². The van der Waals surface area contributed by atoms with Crippen LogP contribution in [-0.2, 0) is 4.79 Å². The molecule has 17 heavy (non-hydrogen) atoms. The van der Waals surface area contributed by atoms with Crippen LogP contribution in [0.25, 0.3) is 0 Å². The SMILES string of the molecule is CC(Nc1cc(Cl)c(Cl)cc1N)C(=O)N(C)C. The summed E-state index contributed by atoms with van der Waals surface area (Å²) in [6.45, 7) is 1.75. The number of carbonyl (C=O) groups excluding carboxylic acids is 1. The molecule has 1 unspecified atom stereocenters. The molecule has 6 heteroatoms. The Hall–Kier alpha value is -1.13. The molecular formula is C11H15Cl2N3O. The van der Waals surface area contributed by atoms with E-state index >= 15 is 0 Å². The van der Waals surface area contributed by atoms with Crippen LogP contribution in [0.5, 0.6) is 0 Å². The van der Waals surface area contributed by atoms with Crippen LogP contribution < -0.4 is 11.1 Å². The molecule has 1 amide bonds. The Balaban J connectivity index is 2.89. The number of nitrogen functional groups attached to an aromatic ring is 1. The Morgan fingerprint density at radius 2 is 1.88 bits per heavy atom. The van der Waals surface area contributed by atoms with E-state index in [4.69, 9.17) is 28.9 Å². The minimum absolute atomic E-state index is 0.0459. The van der Waals surface area contributed by atoms with Crippen LogP contribution in [0.3, 0.4) is 0 Å². The molecule has 94 valence electrons. The lowest BCUT2D eigenvalue weighted by Gasteiger charge is -2.20. The molecule has 0 spiro atoms. The number of nitrogens with zero attached hydrogens (tertiary/aromatic N) is 1. The number of rotatable bonds is 3. The summed E-state index contributed by atoms with van der Waals surface area (Å²) >= 11 is 11.7. The molecule has 4 nitrogen and oxygen atoms in total. The lowest BCUT2D eigenvalue weighted by Crippen LogP contribution is -2.36. The Kier molecular flexibility index (Phi) is 4.48. The van der Waals surface area contributed by atoms with Crippen molar-refractivity contribution in [3.8, 4) is 0 Å². The van der Waals surface area contributed by atoms with E-state index in [1.54, 1.807) is 33.2 Å². The molecule has 0 bridgehead atoms. The second-order valence-electron chi connectivity index (χ2n) is 3.95. The molecule has 0 aliphatic heterocycles. The number of benzene rings is 1. The van der Waals surface area contributed by atoms with Crippen LogP contribution in [0.4, 0.5) is 11.4 Å². The van der Waals surface area contributed by atoms with Gasteiger partial charge in [-0.2, -0.15) is 0 Å². The number of amides is 1. The van der Waals surface area contributed by atoms with Crippen molar-refractivity contribution in [2.75, 3.05) is 25.1 Å². The van der Waals surface area contributed by atoms with Gasteiger partial charge in [0.05, 0.1) is 21.4 Å². The first-order valence-electron chi connectivity index (χ1n) is 5.05. The van der Waals surface area contributed by atoms with Gasteiger partial charge in [0.15, 0.2) is 0 Å². The fourth-order valence-corrected chi connectivity index (χ4v) is 1.71. The topological polar surface area (TPSA) is 58.4 Å². The van der Waals surface area contributed by atoms with Crippen molar-refractivity contribution >= 4 is 40.5 Å². The third-order valence-corrected chi connectivity index (χ3v) is 3.00. The van der Waals surface area contributed by atoms with E-state index in [9.17, 15) is 4.79 Å². The van der Waals surface area contributed by atoms with E-state index in [0.717, 1.165) is 0 Å². The van der Waals surface area contributed by atoms with Gasteiger partial charge < -0.3 is 16.0 Å². The fraction of sp³-hybridized carbons (Fsp3) is 0.364. The van der Waals surface area contributed by atoms with Gasteiger partial charge in [0, 0.05) is 14.1 Å². The average Bonchev–Trinajstić information content (AvgIpc) is 2.24. The van der Waals surface area contributed by atoms with Crippen LogP contribution in [0.1, 0.15) is 6.92 Å². The molecule has 1 aromatic carbocycles. The lowest BCUT2D eigenvalue weighted by atomic mass is 10.2. The molecule has 0 aliphatic rings. The molecular weight excluding hydrogens is 261 g/mol. The second kappa shape index (κ2) is 5.47. The van der Waals surface area contributed by atoms with Gasteiger partial charge in [-0.05, 0) is 19.1 Å². The summed E-state index contributed by atoms with van der Waals surface area (Å²) in [5, 5.41) is 3.79. The standard InChI is InChI=1S/C11H15Cl2N3O/c1-6(11(17)16(2)3)15-10-5-8(13)7(12)4-9(10)14/h4-6,15H,14H2,1-3H3. The maximum atomic E-state index is 11.7. The number of nitrogens with one attached hydrogen (secondary N) is 1. The summed E-state index contributed by atoms with van der Waals surface area (Å²) in [7, 11) is 3.39. The third kappa shape index (κ3) is 3.41. The highest BCUT2D eigenvalue weighted by Gasteiger charge is 2.16. The van der Waals surface area contributed by atoms with Gasteiger partial charge in [0.25, 0.3) is 0 Å². The van der Waals surface area contributed by atoms with Gasteiger partial charge in [-0.1, -0.05) is 23.2 Å². The second-order valence-corrected chi connectivity index (χ2v) is 4.77. The van der Waals surface area contributed by atoms with Crippen LogP contribution in [-0.4, -0.2) is 30.9 Å². The zero-order valence-electron chi connectivity index (χ0n) is 9.92. The summed E-state index contributed by atoms with van der Waals surface area (Å²) < 4.78 is 0. The number of halogens is 2. The predicted molar refractivity (Wildman–Crippen MR) is 72.7 cm³/mol. The number of likely N-dealkylation sites (N-methyl/N-ethyl adjacent to an activating group) is 1. The molecule has 1 rings (SSSR count). The van der Waals surface area contributed by atoms with Crippen molar-refractivity contribution in [1.82, 2.24) is 4.90 Å². The van der Waals surface area contributed by atoms with Gasteiger partial charge in [0.1, 0.15) is 6.04 Å². The molecule has 0 saturated heterocycles. The van der Waals surface area contributed by atoms with E-state index < -0.39 is 0 Å². The van der Waals surface area contributed by atoms with E-state index in [1.807, 2.05) is 0 Å². The smallest absolute Gasteiger partial charge is 0.244 e. The molecule has 1 aromatic rings. The van der Waals surface area contributed by atoms with Crippen molar-refractivity contribution in [2.45, 2.75) is 13.0 Å². The number of hydrogen-bond donors (Lipinski definition) is 2. The molecule has 0 aliphatic carbocycles. The summed E-state index contributed by atoms with van der Waals surface area (Å²) in [5.41, 5.74) is 6.84. The minimum Gasteiger partial charge on any atom is -0.397 e. The van der Waals surface area contributed by atoms with Gasteiger partial charge in [-0.25, -0.2) is 0 Å². The minimum atomic E-state index is -0.385. The van der Waals surface area contributed by atoms with Crippen molar-refractivity contribution in [3.05, 3.63) is 22.2 Å². The van der Waals surface area contributed by atoms with Crippen molar-refractivity contribution in [2.24, 2.45) is 0 Å². The van der Waals surface area contributed by atoms with Gasteiger partial charge >= 0.3 is 0 Å². The Labute approximate surface area is 111 Å². The first kappa shape index (κ1) is 13.9. The monoisotopic (exact) mass is 275 g/mol. The lowest BCUT2D eigenvalue weighted by molar-refractivity contribution is -0.129. The quantitative estimate of drug-likeness (QED) is 0.834. The van der Waals surface area contributed by atoms with Gasteiger partial charge in [-0.15, -0.1) is 0 Å². The highest BCUT2D eigenvalue weighted by molar-refractivity contribution is 6.42. The van der Waals surface area contributed by atoms with Crippen molar-refractivity contribution < 1.29 is 4.79 Å². The van der Waals surface area contributed by atoms with Gasteiger partial charge in [-0.3, -0.25) is 4.79 Å². The first-order valence-corrected chi connectivity index (χ1v) is 5.80. The average molecular weight is 276 g/mol. The van der Waals surface area contributed by atoms with E-state index in [-0.39, 0.29) is 11.9 Å². The van der Waals surface area contributed by atoms with E-state index in [1.165, 1.54) is 4.90 Å².